The summed E-state index contributed by atoms with van der Waals surface area (Å²) >= 11 is 6.31. The minimum absolute atomic E-state index is 0.0740. The maximum Gasteiger partial charge on any atom is 0.267 e. The lowest BCUT2D eigenvalue weighted by Gasteiger charge is -2.26. The van der Waals surface area contributed by atoms with Gasteiger partial charge in [0.1, 0.15) is 4.83 Å². The topological polar surface area (TPSA) is 67.2 Å². The van der Waals surface area contributed by atoms with Crippen molar-refractivity contribution in [3.05, 3.63) is 116 Å². The molecule has 196 valence electrons. The van der Waals surface area contributed by atoms with Crippen molar-refractivity contribution < 1.29 is 4.79 Å². The van der Waals surface area contributed by atoms with E-state index in [0.717, 1.165) is 46.6 Å². The number of benzene rings is 3. The van der Waals surface area contributed by atoms with Crippen LogP contribution in [0.3, 0.4) is 0 Å². The van der Waals surface area contributed by atoms with Crippen molar-refractivity contribution in [2.75, 3.05) is 17.6 Å². The van der Waals surface area contributed by atoms with Crippen molar-refractivity contribution >= 4 is 60.8 Å². The minimum atomic E-state index is -0.158. The second kappa shape index (κ2) is 11.5. The number of aromatic nitrogens is 2. The van der Waals surface area contributed by atoms with Crippen molar-refractivity contribution in [1.82, 2.24) is 14.5 Å². The summed E-state index contributed by atoms with van der Waals surface area (Å²) in [6.07, 6.45) is 0.815. The molecule has 0 spiro atoms. The van der Waals surface area contributed by atoms with Gasteiger partial charge in [-0.1, -0.05) is 82.3 Å². The van der Waals surface area contributed by atoms with Crippen molar-refractivity contribution in [1.29, 1.82) is 0 Å². The number of hydrogen-bond acceptors (Lipinski definition) is 6. The smallest absolute Gasteiger partial charge is 0.267 e. The first-order chi connectivity index (χ1) is 19.0. The Balaban J connectivity index is 1.31. The first-order valence-corrected chi connectivity index (χ1v) is 15.2. The fourth-order valence-electron chi connectivity index (χ4n) is 4.85. The average Bonchev–Trinajstić information content (AvgIpc) is 3.31. The Hall–Kier alpha value is -3.24. The van der Waals surface area contributed by atoms with Crippen LogP contribution in [0.1, 0.15) is 16.0 Å². The molecule has 0 aliphatic carbocycles. The van der Waals surface area contributed by atoms with Gasteiger partial charge in [-0.2, -0.15) is 0 Å². The summed E-state index contributed by atoms with van der Waals surface area (Å²) in [4.78, 5) is 36.1. The lowest BCUT2D eigenvalue weighted by Crippen LogP contribution is -2.30. The monoisotopic (exact) mass is 616 g/mol. The number of nitrogens with one attached hydrogen (secondary N) is 1. The molecule has 0 bridgehead atoms. The van der Waals surface area contributed by atoms with Crippen LogP contribution in [0.4, 0.5) is 5.69 Å². The minimum Gasteiger partial charge on any atom is -0.325 e. The highest BCUT2D eigenvalue weighted by atomic mass is 79.9. The molecule has 5 aromatic rings. The van der Waals surface area contributed by atoms with Gasteiger partial charge in [0.15, 0.2) is 5.16 Å². The number of amides is 1. The number of anilines is 1. The molecule has 6 rings (SSSR count). The van der Waals surface area contributed by atoms with Crippen LogP contribution in [0.5, 0.6) is 0 Å². The Bertz CT molecular complexity index is 1700. The molecule has 1 aliphatic rings. The highest BCUT2D eigenvalue weighted by Gasteiger charge is 2.26. The van der Waals surface area contributed by atoms with Crippen molar-refractivity contribution in [2.45, 2.75) is 24.7 Å². The molecule has 0 radical (unpaired) electrons. The average molecular weight is 618 g/mol. The number of rotatable bonds is 7. The van der Waals surface area contributed by atoms with E-state index in [9.17, 15) is 9.59 Å². The van der Waals surface area contributed by atoms with E-state index >= 15 is 0 Å². The second-order valence-corrected chi connectivity index (χ2v) is 12.3. The summed E-state index contributed by atoms with van der Waals surface area (Å²) < 4.78 is 2.55. The Morgan fingerprint density at radius 3 is 2.56 bits per heavy atom. The van der Waals surface area contributed by atoms with Gasteiger partial charge in [0.2, 0.25) is 5.91 Å². The molecule has 3 aromatic carbocycles. The van der Waals surface area contributed by atoms with E-state index in [0.29, 0.717) is 16.2 Å². The van der Waals surface area contributed by atoms with Crippen LogP contribution in [0, 0.1) is 0 Å². The third-order valence-electron chi connectivity index (χ3n) is 6.63. The van der Waals surface area contributed by atoms with Gasteiger partial charge in [-0.15, -0.1) is 11.3 Å². The summed E-state index contributed by atoms with van der Waals surface area (Å²) in [6, 6.07) is 27.5. The van der Waals surface area contributed by atoms with E-state index in [2.05, 4.69) is 50.4 Å². The van der Waals surface area contributed by atoms with E-state index in [-0.39, 0.29) is 17.2 Å². The number of carbonyl (C=O) groups excluding carboxylic acids is 1. The van der Waals surface area contributed by atoms with E-state index < -0.39 is 0 Å². The molecule has 1 aliphatic heterocycles. The summed E-state index contributed by atoms with van der Waals surface area (Å²) in [5.41, 5.74) is 3.78. The summed E-state index contributed by atoms with van der Waals surface area (Å²) in [7, 11) is 0. The Morgan fingerprint density at radius 2 is 1.79 bits per heavy atom. The van der Waals surface area contributed by atoms with Gasteiger partial charge in [-0.05, 0) is 47.9 Å². The highest BCUT2D eigenvalue weighted by Crippen LogP contribution is 2.34. The maximum atomic E-state index is 14.0. The number of nitrogens with zero attached hydrogens (tertiary/aromatic N) is 3. The SMILES string of the molecule is O=C(CSc1nc2sc3c(c2c(=O)n1-c1ccccc1)CCN(Cc1ccccc1)C3)Nc1cccc(Br)c1. The zero-order chi connectivity index (χ0) is 26.8. The van der Waals surface area contributed by atoms with Gasteiger partial charge in [0.25, 0.3) is 5.56 Å². The third kappa shape index (κ3) is 5.72. The zero-order valence-corrected chi connectivity index (χ0v) is 24.2. The molecule has 2 aromatic heterocycles. The number of para-hydroxylation sites is 1. The van der Waals surface area contributed by atoms with E-state index in [4.69, 9.17) is 4.98 Å². The van der Waals surface area contributed by atoms with Gasteiger partial charge in [0.05, 0.1) is 16.8 Å². The lowest BCUT2D eigenvalue weighted by molar-refractivity contribution is -0.113. The first-order valence-electron chi connectivity index (χ1n) is 12.6. The van der Waals surface area contributed by atoms with Gasteiger partial charge in [-0.25, -0.2) is 4.98 Å². The molecule has 0 fully saturated rings. The van der Waals surface area contributed by atoms with Gasteiger partial charge < -0.3 is 5.32 Å². The maximum absolute atomic E-state index is 14.0. The summed E-state index contributed by atoms with van der Waals surface area (Å²) in [6.45, 7) is 2.57. The van der Waals surface area contributed by atoms with Gasteiger partial charge >= 0.3 is 0 Å². The normalized spacial score (nSPS) is 13.4. The Kier molecular flexibility index (Phi) is 7.65. The number of hydrogen-bond donors (Lipinski definition) is 1. The zero-order valence-electron chi connectivity index (χ0n) is 21.0. The van der Waals surface area contributed by atoms with Crippen LogP contribution < -0.4 is 10.9 Å². The van der Waals surface area contributed by atoms with Crippen molar-refractivity contribution in [2.24, 2.45) is 0 Å². The van der Waals surface area contributed by atoms with Crippen LogP contribution in [-0.2, 0) is 24.3 Å². The van der Waals surface area contributed by atoms with E-state index in [1.807, 2.05) is 60.7 Å². The van der Waals surface area contributed by atoms with Crippen molar-refractivity contribution in [3.63, 3.8) is 0 Å². The fraction of sp³-hybridized carbons (Fsp3) is 0.167. The molecule has 0 unspecified atom stereocenters. The lowest BCUT2D eigenvalue weighted by atomic mass is 10.0. The predicted octanol–water partition coefficient (Wildman–Crippen LogP) is 6.50. The predicted molar refractivity (Wildman–Crippen MR) is 163 cm³/mol. The molecule has 1 amide bonds. The Morgan fingerprint density at radius 1 is 1.03 bits per heavy atom. The molecule has 6 nitrogen and oxygen atoms in total. The molecule has 0 saturated carbocycles. The number of halogens is 1. The van der Waals surface area contributed by atoms with Crippen LogP contribution in [-0.4, -0.2) is 32.7 Å². The number of carbonyl (C=O) groups is 1. The highest BCUT2D eigenvalue weighted by molar-refractivity contribution is 9.10. The van der Waals surface area contributed by atoms with Crippen LogP contribution >= 0.6 is 39.0 Å². The summed E-state index contributed by atoms with van der Waals surface area (Å²) in [5.74, 6) is -0.0261. The fourth-order valence-corrected chi connectivity index (χ4v) is 7.36. The standard InChI is InChI=1S/C30H25BrN4O2S2/c31-21-10-7-11-22(16-21)32-26(36)19-38-30-33-28-27(29(37)35(30)23-12-5-2-6-13-23)24-14-15-34(18-25(24)39-28)17-20-8-3-1-4-9-20/h1-13,16H,14-15,17-19H2,(H,32,36). The first kappa shape index (κ1) is 26.0. The summed E-state index contributed by atoms with van der Waals surface area (Å²) in [5, 5.41) is 4.15. The molecule has 39 heavy (non-hydrogen) atoms. The van der Waals surface area contributed by atoms with Crippen LogP contribution in [0.2, 0.25) is 0 Å². The molecule has 9 heteroatoms. The van der Waals surface area contributed by atoms with Crippen LogP contribution in [0.15, 0.2) is 99.4 Å². The van der Waals surface area contributed by atoms with Gasteiger partial charge in [-0.3, -0.25) is 19.1 Å². The third-order valence-corrected chi connectivity index (χ3v) is 9.17. The Labute approximate surface area is 242 Å². The molecule has 0 saturated heterocycles. The van der Waals surface area contributed by atoms with E-state index in [1.165, 1.54) is 22.2 Å². The number of thiophene rings is 1. The van der Waals surface area contributed by atoms with E-state index in [1.54, 1.807) is 15.9 Å². The van der Waals surface area contributed by atoms with Crippen LogP contribution in [0.25, 0.3) is 15.9 Å². The van der Waals surface area contributed by atoms with Crippen molar-refractivity contribution in [3.8, 4) is 5.69 Å². The largest absolute Gasteiger partial charge is 0.325 e. The molecule has 1 N–H and O–H groups in total. The molecule has 0 atom stereocenters. The quantitative estimate of drug-likeness (QED) is 0.167. The van der Waals surface area contributed by atoms with Gasteiger partial charge in [0, 0.05) is 34.7 Å². The number of fused-ring (bicyclic) bond motifs is 3. The second-order valence-electron chi connectivity index (χ2n) is 9.35. The molecule has 3 heterocycles. The number of thioether (sulfide) groups is 1. The molecular weight excluding hydrogens is 592 g/mol. The molecular formula is C30H25BrN4O2S2.